The van der Waals surface area contributed by atoms with E-state index >= 15 is 0 Å². The number of sulfonamides is 1. The normalized spacial score (nSPS) is 13.2. The van der Waals surface area contributed by atoms with E-state index in [1.807, 2.05) is 54.1 Å². The van der Waals surface area contributed by atoms with E-state index in [1.165, 1.54) is 10.4 Å². The molecule has 9 heteroatoms. The summed E-state index contributed by atoms with van der Waals surface area (Å²) < 4.78 is 31.2. The molecule has 0 saturated heterocycles. The Hall–Kier alpha value is -4.89. The summed E-state index contributed by atoms with van der Waals surface area (Å²) in [6, 6.07) is 23.7. The van der Waals surface area contributed by atoms with Gasteiger partial charge in [-0.3, -0.25) is 13.7 Å². The number of carbonyl (C=O) groups is 1. The minimum absolute atomic E-state index is 0.0819. The molecule has 1 aliphatic heterocycles. The number of aromatic nitrogens is 2. The molecule has 2 aromatic heterocycles. The third-order valence-electron chi connectivity index (χ3n) is 6.71. The highest BCUT2D eigenvalue weighted by Gasteiger charge is 2.33. The van der Waals surface area contributed by atoms with Gasteiger partial charge in [-0.25, -0.2) is 13.4 Å². The summed E-state index contributed by atoms with van der Waals surface area (Å²) >= 11 is 0. The molecule has 5 aromatic rings. The number of amides is 1. The molecule has 0 atom stereocenters. The maximum Gasteiger partial charge on any atom is 0.264 e. The highest BCUT2D eigenvalue weighted by Crippen LogP contribution is 2.40. The topological polar surface area (TPSA) is 99.6 Å². The molecule has 0 bridgehead atoms. The first kappa shape index (κ1) is 24.4. The van der Waals surface area contributed by atoms with Gasteiger partial charge in [0.05, 0.1) is 22.8 Å². The molecular weight excluding hydrogens is 510 g/mol. The van der Waals surface area contributed by atoms with E-state index < -0.39 is 10.0 Å². The van der Waals surface area contributed by atoms with Crippen LogP contribution in [0.1, 0.15) is 11.1 Å². The Morgan fingerprint density at radius 1 is 1.05 bits per heavy atom. The van der Waals surface area contributed by atoms with Gasteiger partial charge >= 0.3 is 0 Å². The monoisotopic (exact) mass is 535 g/mol. The molecule has 6 rings (SSSR count). The zero-order chi connectivity index (χ0) is 27.1. The number of carbonyl (C=O) groups excluding carboxylic acids is 1. The highest BCUT2D eigenvalue weighted by molar-refractivity contribution is 7.92. The quantitative estimate of drug-likeness (QED) is 0.272. The molecule has 0 radical (unpaired) electrons. The third-order valence-corrected chi connectivity index (χ3v) is 8.49. The number of fused-ring (bicyclic) bond motifs is 2. The number of aryl methyl sites for hydroxylation is 1. The van der Waals surface area contributed by atoms with Gasteiger partial charge in [-0.2, -0.15) is 0 Å². The van der Waals surface area contributed by atoms with Gasteiger partial charge < -0.3 is 10.3 Å². The van der Waals surface area contributed by atoms with Gasteiger partial charge in [0.25, 0.3) is 10.0 Å². The molecule has 194 valence electrons. The number of aromatic amines is 1. The van der Waals surface area contributed by atoms with E-state index in [4.69, 9.17) is 4.99 Å². The van der Waals surface area contributed by atoms with Crippen molar-refractivity contribution in [3.05, 3.63) is 115 Å². The van der Waals surface area contributed by atoms with Crippen LogP contribution in [-0.4, -0.2) is 36.1 Å². The zero-order valence-electron chi connectivity index (χ0n) is 21.1. The molecule has 1 aliphatic rings. The fourth-order valence-electron chi connectivity index (χ4n) is 4.68. The Bertz CT molecular complexity index is 1880. The van der Waals surface area contributed by atoms with Gasteiger partial charge in [-0.15, -0.1) is 0 Å². The maximum atomic E-state index is 14.0. The zero-order valence-corrected chi connectivity index (χ0v) is 21.9. The summed E-state index contributed by atoms with van der Waals surface area (Å²) in [5.74, 6) is 0.158. The maximum absolute atomic E-state index is 14.0. The molecule has 1 amide bonds. The highest BCUT2D eigenvalue weighted by atomic mass is 32.2. The predicted molar refractivity (Wildman–Crippen MR) is 155 cm³/mol. The summed E-state index contributed by atoms with van der Waals surface area (Å²) in [5.41, 5.74) is 5.20. The van der Waals surface area contributed by atoms with Crippen LogP contribution in [0.4, 0.5) is 17.2 Å². The number of nitrogens with zero attached hydrogens (tertiary/aromatic N) is 3. The molecule has 0 unspecified atom stereocenters. The van der Waals surface area contributed by atoms with Gasteiger partial charge in [-0.05, 0) is 73.2 Å². The lowest BCUT2D eigenvalue weighted by molar-refractivity contribution is -0.111. The Kier molecular flexibility index (Phi) is 5.92. The van der Waals surface area contributed by atoms with Crippen LogP contribution in [0.2, 0.25) is 0 Å². The molecule has 2 N–H and O–H groups in total. The van der Waals surface area contributed by atoms with Crippen molar-refractivity contribution in [2.24, 2.45) is 4.99 Å². The largest absolute Gasteiger partial charge is 0.361 e. The first-order valence-corrected chi connectivity index (χ1v) is 13.8. The van der Waals surface area contributed by atoms with Crippen LogP contribution in [0, 0.1) is 6.92 Å². The molecule has 0 aliphatic carbocycles. The number of anilines is 2. The Morgan fingerprint density at radius 2 is 1.87 bits per heavy atom. The standard InChI is InChI=1S/C30H25N5O3S/c1-3-29(36)32-23-5-4-6-24(18-23)34-16-14-28-30(34)33-27(21-9-12-26-22(17-21)13-15-31-26)19-35(28)39(37,38)25-10-7-20(2)8-11-25/h3-18,31H,1,19H2,2H3,(H,32,36). The predicted octanol–water partition coefficient (Wildman–Crippen LogP) is 5.72. The van der Waals surface area contributed by atoms with E-state index in [9.17, 15) is 13.2 Å². The Balaban J connectivity index is 1.51. The van der Waals surface area contributed by atoms with Gasteiger partial charge in [-0.1, -0.05) is 36.4 Å². The summed E-state index contributed by atoms with van der Waals surface area (Å²) in [5, 5.41) is 3.78. The van der Waals surface area contributed by atoms with E-state index in [1.54, 1.807) is 48.7 Å². The van der Waals surface area contributed by atoms with Crippen LogP contribution in [-0.2, 0) is 14.8 Å². The van der Waals surface area contributed by atoms with Crippen molar-refractivity contribution in [2.45, 2.75) is 11.8 Å². The number of aliphatic imine (C=N–C) groups is 1. The first-order chi connectivity index (χ1) is 18.8. The average Bonchev–Trinajstić information content (AvgIpc) is 3.59. The minimum Gasteiger partial charge on any atom is -0.361 e. The lowest BCUT2D eigenvalue weighted by Gasteiger charge is -2.29. The van der Waals surface area contributed by atoms with E-state index in [0.717, 1.165) is 27.7 Å². The number of hydrogen-bond donors (Lipinski definition) is 2. The van der Waals surface area contributed by atoms with Gasteiger partial charge in [0.15, 0.2) is 5.82 Å². The first-order valence-electron chi connectivity index (χ1n) is 12.3. The molecule has 0 saturated carbocycles. The lowest BCUT2D eigenvalue weighted by Crippen LogP contribution is -2.38. The van der Waals surface area contributed by atoms with Crippen LogP contribution >= 0.6 is 0 Å². The summed E-state index contributed by atoms with van der Waals surface area (Å²) in [7, 11) is -3.90. The van der Waals surface area contributed by atoms with Crippen molar-refractivity contribution in [3.63, 3.8) is 0 Å². The van der Waals surface area contributed by atoms with Crippen LogP contribution in [0.25, 0.3) is 16.6 Å². The van der Waals surface area contributed by atoms with Crippen LogP contribution in [0.15, 0.2) is 114 Å². The van der Waals surface area contributed by atoms with Crippen molar-refractivity contribution in [1.29, 1.82) is 0 Å². The van der Waals surface area contributed by atoms with Crippen LogP contribution in [0.3, 0.4) is 0 Å². The van der Waals surface area contributed by atoms with Crippen molar-refractivity contribution < 1.29 is 13.2 Å². The second-order valence-electron chi connectivity index (χ2n) is 9.30. The Labute approximate surface area is 226 Å². The van der Waals surface area contributed by atoms with Gasteiger partial charge in [0.1, 0.15) is 0 Å². The van der Waals surface area contributed by atoms with E-state index in [-0.39, 0.29) is 17.3 Å². The second-order valence-corrected chi connectivity index (χ2v) is 11.2. The molecule has 3 heterocycles. The van der Waals surface area contributed by atoms with Crippen molar-refractivity contribution in [1.82, 2.24) is 9.55 Å². The van der Waals surface area contributed by atoms with Crippen molar-refractivity contribution in [2.75, 3.05) is 16.2 Å². The molecule has 8 nitrogen and oxygen atoms in total. The molecule has 0 spiro atoms. The molecule has 0 fully saturated rings. The summed E-state index contributed by atoms with van der Waals surface area (Å²) in [6.07, 6.45) is 4.86. The Morgan fingerprint density at radius 3 is 2.67 bits per heavy atom. The number of H-pyrrole nitrogens is 1. The van der Waals surface area contributed by atoms with Crippen LogP contribution < -0.4 is 9.62 Å². The number of hydrogen-bond acceptors (Lipinski definition) is 4. The summed E-state index contributed by atoms with van der Waals surface area (Å²) in [4.78, 5) is 20.2. The van der Waals surface area contributed by atoms with Crippen molar-refractivity contribution >= 4 is 49.7 Å². The number of rotatable bonds is 6. The van der Waals surface area contributed by atoms with Gasteiger partial charge in [0.2, 0.25) is 5.91 Å². The molecule has 3 aromatic carbocycles. The fraction of sp³-hybridized carbons (Fsp3) is 0.0667. The number of nitrogens with one attached hydrogen (secondary N) is 2. The fourth-order valence-corrected chi connectivity index (χ4v) is 6.11. The van der Waals surface area contributed by atoms with Crippen LogP contribution in [0.5, 0.6) is 0 Å². The van der Waals surface area contributed by atoms with Gasteiger partial charge in [0, 0.05) is 34.7 Å². The lowest BCUT2D eigenvalue weighted by atomic mass is 10.1. The number of benzene rings is 3. The molecule has 39 heavy (non-hydrogen) atoms. The third kappa shape index (κ3) is 4.42. The van der Waals surface area contributed by atoms with E-state index in [2.05, 4.69) is 16.9 Å². The van der Waals surface area contributed by atoms with Crippen molar-refractivity contribution in [3.8, 4) is 5.69 Å². The second kappa shape index (κ2) is 9.45. The smallest absolute Gasteiger partial charge is 0.264 e. The SMILES string of the molecule is C=CC(=O)Nc1cccc(-n2ccc3c2N=C(c2ccc4[nH]ccc4c2)CN3S(=O)(=O)c2ccc(C)cc2)c1. The van der Waals surface area contributed by atoms with E-state index in [0.29, 0.717) is 22.9 Å². The summed E-state index contributed by atoms with van der Waals surface area (Å²) in [6.45, 7) is 5.50. The average molecular weight is 536 g/mol. The molecular formula is C30H25N5O3S. The minimum atomic E-state index is -3.90.